The van der Waals surface area contributed by atoms with E-state index in [0.717, 1.165) is 49.7 Å². The number of hydrogen-bond donors (Lipinski definition) is 8. The third-order valence-corrected chi connectivity index (χ3v) is 18.6. The van der Waals surface area contributed by atoms with E-state index in [-0.39, 0.29) is 68.5 Å². The number of rotatable bonds is 15. The molecule has 5 aliphatic carbocycles. The molecule has 1 aromatic carbocycles. The van der Waals surface area contributed by atoms with Gasteiger partial charge in [0.1, 0.15) is 23.7 Å². The lowest BCUT2D eigenvalue weighted by Gasteiger charge is -2.75. The molecule has 0 aromatic heterocycles. The molecule has 4 saturated carbocycles. The van der Waals surface area contributed by atoms with Gasteiger partial charge in [-0.1, -0.05) is 103 Å². The van der Waals surface area contributed by atoms with Crippen LogP contribution in [0.3, 0.4) is 0 Å². The van der Waals surface area contributed by atoms with E-state index in [1.807, 2.05) is 44.2 Å². The minimum absolute atomic E-state index is 0.000864. The Hall–Kier alpha value is -1.97. The zero-order valence-electron chi connectivity index (χ0n) is 38.1. The minimum atomic E-state index is -1.52. The van der Waals surface area contributed by atoms with Crippen molar-refractivity contribution in [2.24, 2.45) is 62.1 Å². The predicted octanol–water partition coefficient (Wildman–Crippen LogP) is 5.61. The van der Waals surface area contributed by atoms with Crippen LogP contribution in [0.4, 0.5) is 0 Å². The third kappa shape index (κ3) is 7.56. The minimum Gasteiger partial charge on any atom is -0.481 e. The number of carbonyl (C=O) groups is 1. The van der Waals surface area contributed by atoms with Crippen molar-refractivity contribution < 1.29 is 59.9 Å². The Morgan fingerprint density at radius 1 is 0.871 bits per heavy atom. The third-order valence-electron chi connectivity index (χ3n) is 18.6. The van der Waals surface area contributed by atoms with Gasteiger partial charge in [0.05, 0.1) is 38.1 Å². The zero-order chi connectivity index (χ0) is 45.0. The van der Waals surface area contributed by atoms with Crippen LogP contribution in [-0.2, 0) is 25.6 Å². The molecule has 0 bridgehead atoms. The molecule has 7 rings (SSSR count). The van der Waals surface area contributed by atoms with Gasteiger partial charge in [0.25, 0.3) is 0 Å². The van der Waals surface area contributed by atoms with Crippen LogP contribution in [0.1, 0.15) is 124 Å². The summed E-state index contributed by atoms with van der Waals surface area (Å²) in [6.45, 7) is 13.0. The second-order valence-electron chi connectivity index (χ2n) is 22.0. The highest BCUT2D eigenvalue weighted by Crippen LogP contribution is 2.78. The standard InChI is InChI=1S/C50H78O12/c1-7-8-10-17-32-22-50(44(58)59)34(23-45(2,28-52)25-38(50)55)33-21-31(16-13-20-51)41-46(3)24-36(60-26-30-14-11-9-12-15-30)42(62-43-40(57)39(56)35(54)27-61-43)47(4,29-53)37(46)18-19-48(41,5)49(32,33)6/h9,11-12,14-15,21,31-32,34-43,51-57H,7-8,10,13,16-20,22-29H2,1-6H3,(H,58,59)/t31-,32+,34+,35-,36-,37+,38+,39+,40-,41-,42-,43+,45-,46+,47+,48-,49-,50+/m1/s1. The first-order chi connectivity index (χ1) is 29.3. The molecule has 0 spiro atoms. The number of ether oxygens (including phenoxy) is 3. The van der Waals surface area contributed by atoms with E-state index < -0.39 is 81.9 Å². The molecule has 6 aliphatic rings. The average molecular weight is 871 g/mol. The summed E-state index contributed by atoms with van der Waals surface area (Å²) in [7, 11) is 0. The Morgan fingerprint density at radius 2 is 1.60 bits per heavy atom. The van der Waals surface area contributed by atoms with E-state index in [1.165, 1.54) is 0 Å². The summed E-state index contributed by atoms with van der Waals surface area (Å²) in [6.07, 6.45) is 2.48. The maximum absolute atomic E-state index is 13.9. The van der Waals surface area contributed by atoms with Gasteiger partial charge in [-0.05, 0) is 115 Å². The summed E-state index contributed by atoms with van der Waals surface area (Å²) in [4.78, 5) is 13.9. The van der Waals surface area contributed by atoms with Crippen LogP contribution in [0.5, 0.6) is 0 Å². The molecule has 12 heteroatoms. The van der Waals surface area contributed by atoms with Gasteiger partial charge in [-0.2, -0.15) is 0 Å². The molecule has 1 aliphatic heterocycles. The molecule has 0 unspecified atom stereocenters. The molecule has 0 amide bonds. The van der Waals surface area contributed by atoms with Crippen molar-refractivity contribution in [3.63, 3.8) is 0 Å². The summed E-state index contributed by atoms with van der Waals surface area (Å²) >= 11 is 0. The van der Waals surface area contributed by atoms with E-state index in [0.29, 0.717) is 32.1 Å². The Labute approximate surface area is 369 Å². The van der Waals surface area contributed by atoms with Gasteiger partial charge < -0.3 is 55.1 Å². The molecule has 350 valence electrons. The van der Waals surface area contributed by atoms with Gasteiger partial charge in [-0.25, -0.2) is 0 Å². The molecular formula is C50H78O12. The van der Waals surface area contributed by atoms with E-state index in [4.69, 9.17) is 14.2 Å². The van der Waals surface area contributed by atoms with E-state index in [1.54, 1.807) is 0 Å². The van der Waals surface area contributed by atoms with Gasteiger partial charge in [0.15, 0.2) is 6.29 Å². The number of hydrogen-bond acceptors (Lipinski definition) is 11. The molecular weight excluding hydrogens is 793 g/mol. The zero-order valence-corrected chi connectivity index (χ0v) is 38.1. The molecule has 62 heavy (non-hydrogen) atoms. The molecule has 1 saturated heterocycles. The Balaban J connectivity index is 1.39. The summed E-state index contributed by atoms with van der Waals surface area (Å²) in [6, 6.07) is 9.87. The molecule has 8 N–H and O–H groups in total. The first-order valence-electron chi connectivity index (χ1n) is 23.8. The second-order valence-corrected chi connectivity index (χ2v) is 22.0. The largest absolute Gasteiger partial charge is 0.481 e. The summed E-state index contributed by atoms with van der Waals surface area (Å²) < 4.78 is 19.6. The van der Waals surface area contributed by atoms with E-state index >= 15 is 0 Å². The molecule has 5 fully saturated rings. The van der Waals surface area contributed by atoms with Gasteiger partial charge in [0, 0.05) is 18.6 Å². The number of aliphatic hydroxyl groups excluding tert-OH is 7. The fourth-order valence-electron chi connectivity index (χ4n) is 15.4. The van der Waals surface area contributed by atoms with Crippen molar-refractivity contribution in [1.29, 1.82) is 0 Å². The van der Waals surface area contributed by atoms with Crippen LogP contribution in [0, 0.1) is 62.1 Å². The summed E-state index contributed by atoms with van der Waals surface area (Å²) in [5.74, 6) is -1.69. The van der Waals surface area contributed by atoms with Crippen LogP contribution >= 0.6 is 0 Å². The number of allylic oxidation sites excluding steroid dienone is 2. The van der Waals surface area contributed by atoms with Crippen LogP contribution in [0.25, 0.3) is 0 Å². The highest BCUT2D eigenvalue weighted by Gasteiger charge is 2.75. The maximum atomic E-state index is 13.9. The summed E-state index contributed by atoms with van der Waals surface area (Å²) in [5, 5.41) is 88.6. The van der Waals surface area contributed by atoms with Gasteiger partial charge >= 0.3 is 5.97 Å². The molecule has 18 atom stereocenters. The number of aliphatic hydroxyl groups is 7. The van der Waals surface area contributed by atoms with Gasteiger partial charge in [0.2, 0.25) is 0 Å². The smallest absolute Gasteiger partial charge is 0.312 e. The topological polar surface area (TPSA) is 207 Å². The molecule has 1 heterocycles. The normalized spacial score (nSPS) is 47.7. The number of carboxylic acids is 1. The number of unbranched alkanes of at least 4 members (excludes halogenated alkanes) is 2. The number of benzene rings is 1. The monoisotopic (exact) mass is 871 g/mol. The van der Waals surface area contributed by atoms with Crippen LogP contribution < -0.4 is 0 Å². The summed E-state index contributed by atoms with van der Waals surface area (Å²) in [5.41, 5.74) is -2.25. The number of carboxylic acid groups (broad SMARTS) is 1. The highest BCUT2D eigenvalue weighted by molar-refractivity contribution is 5.78. The van der Waals surface area contributed by atoms with Gasteiger partial charge in [-0.3, -0.25) is 4.79 Å². The van der Waals surface area contributed by atoms with Crippen molar-refractivity contribution in [2.45, 2.75) is 168 Å². The highest BCUT2D eigenvalue weighted by atomic mass is 16.7. The van der Waals surface area contributed by atoms with Crippen molar-refractivity contribution in [3.8, 4) is 0 Å². The molecule has 1 aromatic rings. The van der Waals surface area contributed by atoms with E-state index in [2.05, 4.69) is 33.8 Å². The first kappa shape index (κ1) is 48.0. The van der Waals surface area contributed by atoms with Crippen molar-refractivity contribution in [3.05, 3.63) is 47.5 Å². The SMILES string of the molecule is CCCCC[C@H]1C[C@@]2(C(=O)O)[C@@H](O)C[C@](C)(CO)C[C@H]2C2=C[C@@H](CCCO)[C@@H]3[C@@]4(C)C[C@@H](OCc5ccccc5)[C@@H](O[C@@H]5OC[C@@H](O)[C@H](O)[C@H]5O)[C@@](C)(CO)[C@H]4CC[C@@]3(C)[C@@]21C. The predicted molar refractivity (Wildman–Crippen MR) is 232 cm³/mol. The molecule has 0 radical (unpaired) electrons. The average Bonchev–Trinajstić information content (AvgIpc) is 3.24. The fraction of sp³-hybridized carbons (Fsp3) is 0.820. The molecule has 12 nitrogen and oxygen atoms in total. The Bertz CT molecular complexity index is 1740. The lowest BCUT2D eigenvalue weighted by molar-refractivity contribution is -0.335. The van der Waals surface area contributed by atoms with Crippen molar-refractivity contribution in [2.75, 3.05) is 26.4 Å². The second kappa shape index (κ2) is 18.0. The quantitative estimate of drug-likeness (QED) is 0.0615. The number of fused-ring (bicyclic) bond motifs is 7. The van der Waals surface area contributed by atoms with Crippen LogP contribution in [0.2, 0.25) is 0 Å². The van der Waals surface area contributed by atoms with Crippen LogP contribution in [0.15, 0.2) is 42.0 Å². The van der Waals surface area contributed by atoms with Crippen molar-refractivity contribution in [1.82, 2.24) is 0 Å². The maximum Gasteiger partial charge on any atom is 0.312 e. The van der Waals surface area contributed by atoms with Crippen LogP contribution in [-0.4, -0.2) is 116 Å². The van der Waals surface area contributed by atoms with E-state index in [9.17, 15) is 45.6 Å². The first-order valence-corrected chi connectivity index (χ1v) is 23.8. The van der Waals surface area contributed by atoms with Crippen molar-refractivity contribution >= 4 is 5.97 Å². The number of aliphatic carboxylic acids is 1. The fourth-order valence-corrected chi connectivity index (χ4v) is 15.4. The van der Waals surface area contributed by atoms with Gasteiger partial charge in [-0.15, -0.1) is 0 Å². The lowest BCUT2D eigenvalue weighted by Crippen LogP contribution is -2.72. The Kier molecular flexibility index (Phi) is 13.9. The lowest BCUT2D eigenvalue weighted by atomic mass is 9.30. The Morgan fingerprint density at radius 3 is 2.24 bits per heavy atom.